The molecule has 3 rings (SSSR count). The molecular formula is C22H21ClO5. The van der Waals surface area contributed by atoms with Gasteiger partial charge in [0.1, 0.15) is 17.6 Å². The van der Waals surface area contributed by atoms with Crippen molar-refractivity contribution >= 4 is 28.5 Å². The minimum Gasteiger partial charge on any atom is -0.479 e. The molecule has 0 bridgehead atoms. The van der Waals surface area contributed by atoms with Crippen molar-refractivity contribution in [1.29, 1.82) is 0 Å². The number of ether oxygens (including phenoxy) is 2. The molecule has 0 N–H and O–H groups in total. The highest BCUT2D eigenvalue weighted by Gasteiger charge is 2.17. The van der Waals surface area contributed by atoms with Gasteiger partial charge in [-0.15, -0.1) is 0 Å². The average Bonchev–Trinajstić information content (AvgIpc) is 2.69. The predicted octanol–water partition coefficient (Wildman–Crippen LogP) is 5.22. The normalized spacial score (nSPS) is 12.0. The van der Waals surface area contributed by atoms with Gasteiger partial charge in [0, 0.05) is 11.1 Å². The minimum absolute atomic E-state index is 0.151. The molecule has 0 fully saturated rings. The third-order valence-corrected chi connectivity index (χ3v) is 4.54. The standard InChI is InChI=1S/C22H21ClO5/c1-3-4-11-26-22(25)14(2)28-17-9-10-18-20(12-17)27-13-19(21(18)24)15-5-7-16(23)8-6-15/h5-10,12-14H,3-4,11H2,1-2H3/t14-/m0/s1. The van der Waals surface area contributed by atoms with Gasteiger partial charge in [0.15, 0.2) is 11.5 Å². The van der Waals surface area contributed by atoms with Crippen LogP contribution < -0.4 is 10.2 Å². The predicted molar refractivity (Wildman–Crippen MR) is 109 cm³/mol. The summed E-state index contributed by atoms with van der Waals surface area (Å²) < 4.78 is 16.4. The summed E-state index contributed by atoms with van der Waals surface area (Å²) in [5.41, 5.74) is 1.41. The Morgan fingerprint density at radius 3 is 2.64 bits per heavy atom. The van der Waals surface area contributed by atoms with E-state index in [1.165, 1.54) is 6.26 Å². The fourth-order valence-electron chi connectivity index (χ4n) is 2.70. The van der Waals surface area contributed by atoms with Crippen molar-refractivity contribution in [2.45, 2.75) is 32.8 Å². The molecule has 0 saturated heterocycles. The molecule has 2 aromatic carbocycles. The van der Waals surface area contributed by atoms with E-state index in [2.05, 4.69) is 0 Å². The summed E-state index contributed by atoms with van der Waals surface area (Å²) in [5, 5.41) is 1.02. The number of hydrogen-bond acceptors (Lipinski definition) is 5. The lowest BCUT2D eigenvalue weighted by molar-refractivity contribution is -0.151. The van der Waals surface area contributed by atoms with Crippen molar-refractivity contribution in [2.24, 2.45) is 0 Å². The maximum absolute atomic E-state index is 12.8. The number of benzene rings is 2. The molecule has 1 atom stereocenters. The molecule has 0 saturated carbocycles. The second-order valence-electron chi connectivity index (χ2n) is 6.42. The molecule has 0 aliphatic carbocycles. The molecule has 0 spiro atoms. The highest BCUT2D eigenvalue weighted by Crippen LogP contribution is 2.24. The van der Waals surface area contributed by atoms with Crippen molar-refractivity contribution in [3.8, 4) is 16.9 Å². The van der Waals surface area contributed by atoms with E-state index < -0.39 is 12.1 Å². The van der Waals surface area contributed by atoms with Crippen molar-refractivity contribution in [3.63, 3.8) is 0 Å². The summed E-state index contributed by atoms with van der Waals surface area (Å²) in [6.45, 7) is 4.02. The Morgan fingerprint density at radius 2 is 1.93 bits per heavy atom. The fourth-order valence-corrected chi connectivity index (χ4v) is 2.82. The van der Waals surface area contributed by atoms with Gasteiger partial charge in [0.2, 0.25) is 0 Å². The summed E-state index contributed by atoms with van der Waals surface area (Å²) in [4.78, 5) is 24.7. The van der Waals surface area contributed by atoms with E-state index in [0.717, 1.165) is 18.4 Å². The minimum atomic E-state index is -0.755. The van der Waals surface area contributed by atoms with E-state index in [-0.39, 0.29) is 5.43 Å². The summed E-state index contributed by atoms with van der Waals surface area (Å²) >= 11 is 5.90. The molecule has 6 heteroatoms. The Labute approximate surface area is 167 Å². The molecule has 28 heavy (non-hydrogen) atoms. The number of rotatable bonds is 7. The van der Waals surface area contributed by atoms with Crippen molar-refractivity contribution in [2.75, 3.05) is 6.61 Å². The second kappa shape index (κ2) is 8.93. The van der Waals surface area contributed by atoms with E-state index in [1.807, 2.05) is 6.92 Å². The highest BCUT2D eigenvalue weighted by atomic mass is 35.5. The van der Waals surface area contributed by atoms with Crippen LogP contribution in [0.5, 0.6) is 5.75 Å². The van der Waals surface area contributed by atoms with Crippen LogP contribution in [0, 0.1) is 0 Å². The van der Waals surface area contributed by atoms with E-state index >= 15 is 0 Å². The highest BCUT2D eigenvalue weighted by molar-refractivity contribution is 6.30. The molecule has 1 aromatic heterocycles. The fraction of sp³-hybridized carbons (Fsp3) is 0.273. The smallest absolute Gasteiger partial charge is 0.347 e. The molecule has 0 aliphatic heterocycles. The van der Waals surface area contributed by atoms with Gasteiger partial charge in [-0.3, -0.25) is 4.79 Å². The molecule has 0 amide bonds. The zero-order chi connectivity index (χ0) is 20.1. The third-order valence-electron chi connectivity index (χ3n) is 4.29. The molecule has 5 nitrogen and oxygen atoms in total. The van der Waals surface area contributed by atoms with Crippen LogP contribution in [0.15, 0.2) is 57.9 Å². The lowest BCUT2D eigenvalue weighted by Crippen LogP contribution is -2.26. The van der Waals surface area contributed by atoms with Gasteiger partial charge in [-0.2, -0.15) is 0 Å². The Kier molecular flexibility index (Phi) is 6.37. The summed E-state index contributed by atoms with van der Waals surface area (Å²) in [5.74, 6) is 0.00270. The van der Waals surface area contributed by atoms with E-state index in [4.69, 9.17) is 25.5 Å². The third kappa shape index (κ3) is 4.54. The number of fused-ring (bicyclic) bond motifs is 1. The van der Waals surface area contributed by atoms with Crippen LogP contribution in [0.2, 0.25) is 5.02 Å². The van der Waals surface area contributed by atoms with Crippen molar-refractivity contribution in [3.05, 3.63) is 64.0 Å². The SMILES string of the molecule is CCCCOC(=O)[C@H](C)Oc1ccc2c(=O)c(-c3ccc(Cl)cc3)coc2c1. The molecule has 146 valence electrons. The van der Waals surface area contributed by atoms with Crippen LogP contribution in [0.3, 0.4) is 0 Å². The van der Waals surface area contributed by atoms with Gasteiger partial charge in [-0.05, 0) is 43.2 Å². The van der Waals surface area contributed by atoms with Crippen LogP contribution in [-0.2, 0) is 9.53 Å². The molecule has 1 heterocycles. The van der Waals surface area contributed by atoms with Gasteiger partial charge in [0.05, 0.1) is 17.6 Å². The summed E-state index contributed by atoms with van der Waals surface area (Å²) in [6, 6.07) is 11.8. The summed E-state index contributed by atoms with van der Waals surface area (Å²) in [6.07, 6.45) is 2.43. The first-order valence-corrected chi connectivity index (χ1v) is 9.52. The largest absolute Gasteiger partial charge is 0.479 e. The summed E-state index contributed by atoms with van der Waals surface area (Å²) in [7, 11) is 0. The van der Waals surface area contributed by atoms with Gasteiger partial charge in [-0.1, -0.05) is 37.1 Å². The first-order valence-electron chi connectivity index (χ1n) is 9.14. The number of esters is 1. The monoisotopic (exact) mass is 400 g/mol. The lowest BCUT2D eigenvalue weighted by Gasteiger charge is -2.14. The average molecular weight is 401 g/mol. The zero-order valence-electron chi connectivity index (χ0n) is 15.7. The Hall–Kier alpha value is -2.79. The molecule has 0 aliphatic rings. The number of halogens is 1. The lowest BCUT2D eigenvalue weighted by atomic mass is 10.1. The van der Waals surface area contributed by atoms with Crippen LogP contribution in [0.4, 0.5) is 0 Å². The van der Waals surface area contributed by atoms with Crippen LogP contribution in [0.1, 0.15) is 26.7 Å². The molecule has 3 aromatic rings. The van der Waals surface area contributed by atoms with E-state index in [1.54, 1.807) is 49.4 Å². The topological polar surface area (TPSA) is 65.7 Å². The maximum atomic E-state index is 12.8. The van der Waals surface area contributed by atoms with Gasteiger partial charge in [0.25, 0.3) is 0 Å². The number of hydrogen-bond donors (Lipinski definition) is 0. The quantitative estimate of drug-likeness (QED) is 0.401. The van der Waals surface area contributed by atoms with Crippen molar-refractivity contribution < 1.29 is 18.7 Å². The Balaban J connectivity index is 1.81. The maximum Gasteiger partial charge on any atom is 0.347 e. The van der Waals surface area contributed by atoms with Gasteiger partial charge >= 0.3 is 5.97 Å². The van der Waals surface area contributed by atoms with Crippen LogP contribution in [-0.4, -0.2) is 18.7 Å². The van der Waals surface area contributed by atoms with Crippen LogP contribution >= 0.6 is 11.6 Å². The zero-order valence-corrected chi connectivity index (χ0v) is 16.5. The number of carbonyl (C=O) groups excluding carboxylic acids is 1. The Bertz CT molecular complexity index is 1020. The second-order valence-corrected chi connectivity index (χ2v) is 6.86. The van der Waals surface area contributed by atoms with Gasteiger partial charge < -0.3 is 13.9 Å². The Morgan fingerprint density at radius 1 is 1.18 bits per heavy atom. The van der Waals surface area contributed by atoms with E-state index in [0.29, 0.717) is 33.9 Å². The van der Waals surface area contributed by atoms with Crippen molar-refractivity contribution in [1.82, 2.24) is 0 Å². The molecule has 0 unspecified atom stereocenters. The van der Waals surface area contributed by atoms with Crippen LogP contribution in [0.25, 0.3) is 22.1 Å². The van der Waals surface area contributed by atoms with E-state index in [9.17, 15) is 9.59 Å². The molecular weight excluding hydrogens is 380 g/mol. The first-order chi connectivity index (χ1) is 13.5. The first kappa shape index (κ1) is 20.0. The van der Waals surface area contributed by atoms with Gasteiger partial charge in [-0.25, -0.2) is 4.79 Å². The number of unbranched alkanes of at least 4 members (excludes halogenated alkanes) is 1. The molecule has 0 radical (unpaired) electrons. The number of carbonyl (C=O) groups is 1.